The molecule has 5 nitrogen and oxygen atoms in total. The number of nitrogens with zero attached hydrogens (tertiary/aromatic N) is 3. The molecule has 0 aromatic carbocycles. The third-order valence-corrected chi connectivity index (χ3v) is 6.27. The summed E-state index contributed by atoms with van der Waals surface area (Å²) < 4.78 is 5.29. The van der Waals surface area contributed by atoms with Gasteiger partial charge in [0.15, 0.2) is 0 Å². The van der Waals surface area contributed by atoms with Crippen molar-refractivity contribution in [3.05, 3.63) is 45.6 Å². The van der Waals surface area contributed by atoms with E-state index in [1.54, 1.807) is 11.3 Å². The first-order valence-corrected chi connectivity index (χ1v) is 9.64. The number of thiazole rings is 1. The van der Waals surface area contributed by atoms with Crippen LogP contribution in [-0.2, 0) is 0 Å². The van der Waals surface area contributed by atoms with E-state index < -0.39 is 0 Å². The number of hydrogen-bond donors (Lipinski definition) is 0. The average Bonchev–Trinajstić information content (AvgIpc) is 3.34. The quantitative estimate of drug-likeness (QED) is 0.693. The highest BCUT2D eigenvalue weighted by atomic mass is 32.1. The molecular weight excluding hydrogens is 342 g/mol. The Bertz CT molecular complexity index is 847. The predicted octanol–water partition coefficient (Wildman–Crippen LogP) is 4.45. The van der Waals surface area contributed by atoms with Crippen LogP contribution in [0.15, 0.2) is 27.4 Å². The molecule has 0 N–H and O–H groups in total. The van der Waals surface area contributed by atoms with E-state index in [9.17, 15) is 4.79 Å². The third kappa shape index (κ3) is 2.57. The minimum Gasteiger partial charge on any atom is -0.361 e. The molecule has 3 aromatic heterocycles. The number of thiophene rings is 1. The zero-order chi connectivity index (χ0) is 16.7. The number of aryl methyl sites for hydroxylation is 2. The van der Waals surface area contributed by atoms with Crippen LogP contribution in [0.25, 0.3) is 9.88 Å². The number of aromatic nitrogens is 2. The molecule has 24 heavy (non-hydrogen) atoms. The highest BCUT2D eigenvalue weighted by Gasteiger charge is 2.35. The average molecular weight is 359 g/mol. The van der Waals surface area contributed by atoms with Gasteiger partial charge >= 0.3 is 0 Å². The van der Waals surface area contributed by atoms with Crippen molar-refractivity contribution in [2.75, 3.05) is 6.54 Å². The summed E-state index contributed by atoms with van der Waals surface area (Å²) in [6.07, 6.45) is 1.93. The lowest BCUT2D eigenvalue weighted by Crippen LogP contribution is -2.31. The number of likely N-dealkylation sites (tertiary alicyclic amines) is 1. The van der Waals surface area contributed by atoms with Crippen LogP contribution in [0, 0.1) is 13.8 Å². The fourth-order valence-corrected chi connectivity index (χ4v) is 4.92. The van der Waals surface area contributed by atoms with E-state index in [2.05, 4.69) is 10.1 Å². The minimum absolute atomic E-state index is 0.00319. The Morgan fingerprint density at radius 3 is 2.96 bits per heavy atom. The van der Waals surface area contributed by atoms with E-state index in [1.807, 2.05) is 41.6 Å². The number of amides is 1. The SMILES string of the molecule is Cc1noc(C)c1[C@@H]1CCCN1C(=O)c1csc(-c2cccs2)n1. The molecular formula is C17H17N3O2S2. The summed E-state index contributed by atoms with van der Waals surface area (Å²) in [4.78, 5) is 20.6. The highest BCUT2D eigenvalue weighted by Crippen LogP contribution is 2.37. The molecule has 0 radical (unpaired) electrons. The summed E-state index contributed by atoms with van der Waals surface area (Å²) >= 11 is 3.16. The van der Waals surface area contributed by atoms with Crippen molar-refractivity contribution in [1.29, 1.82) is 0 Å². The molecule has 1 amide bonds. The van der Waals surface area contributed by atoms with Crippen LogP contribution in [-0.4, -0.2) is 27.5 Å². The van der Waals surface area contributed by atoms with Crippen molar-refractivity contribution in [3.63, 3.8) is 0 Å². The van der Waals surface area contributed by atoms with Gasteiger partial charge in [-0.2, -0.15) is 0 Å². The number of rotatable bonds is 3. The van der Waals surface area contributed by atoms with Gasteiger partial charge in [-0.3, -0.25) is 4.79 Å². The van der Waals surface area contributed by atoms with E-state index in [-0.39, 0.29) is 11.9 Å². The monoisotopic (exact) mass is 359 g/mol. The van der Waals surface area contributed by atoms with Gasteiger partial charge in [-0.25, -0.2) is 4.98 Å². The smallest absolute Gasteiger partial charge is 0.273 e. The topological polar surface area (TPSA) is 59.2 Å². The maximum absolute atomic E-state index is 13.0. The van der Waals surface area contributed by atoms with Gasteiger partial charge in [0.2, 0.25) is 0 Å². The normalized spacial score (nSPS) is 17.6. The molecule has 0 unspecified atom stereocenters. The van der Waals surface area contributed by atoms with Crippen LogP contribution < -0.4 is 0 Å². The van der Waals surface area contributed by atoms with Crippen LogP contribution in [0.4, 0.5) is 0 Å². The summed E-state index contributed by atoms with van der Waals surface area (Å²) in [6, 6.07) is 4.06. The van der Waals surface area contributed by atoms with Gasteiger partial charge in [0.05, 0.1) is 16.6 Å². The Hall–Kier alpha value is -1.99. The molecule has 0 saturated carbocycles. The maximum Gasteiger partial charge on any atom is 0.273 e. The van der Waals surface area contributed by atoms with E-state index in [4.69, 9.17) is 4.52 Å². The van der Waals surface area contributed by atoms with Gasteiger partial charge in [-0.1, -0.05) is 11.2 Å². The van der Waals surface area contributed by atoms with Crippen LogP contribution in [0.3, 0.4) is 0 Å². The molecule has 1 saturated heterocycles. The van der Waals surface area contributed by atoms with Crippen molar-refractivity contribution in [2.45, 2.75) is 32.7 Å². The summed E-state index contributed by atoms with van der Waals surface area (Å²) in [5, 5.41) is 8.83. The predicted molar refractivity (Wildman–Crippen MR) is 94.4 cm³/mol. The van der Waals surface area contributed by atoms with Gasteiger partial charge < -0.3 is 9.42 Å². The van der Waals surface area contributed by atoms with Crippen molar-refractivity contribution in [3.8, 4) is 9.88 Å². The molecule has 1 atom stereocenters. The third-order valence-electron chi connectivity index (χ3n) is 4.39. The van der Waals surface area contributed by atoms with Gasteiger partial charge in [0.1, 0.15) is 16.5 Å². The molecule has 3 aromatic rings. The Morgan fingerprint density at radius 2 is 2.25 bits per heavy atom. The van der Waals surface area contributed by atoms with E-state index in [1.165, 1.54) is 11.3 Å². The number of carbonyl (C=O) groups excluding carboxylic acids is 1. The van der Waals surface area contributed by atoms with Gasteiger partial charge in [-0.15, -0.1) is 22.7 Å². The Morgan fingerprint density at radius 1 is 1.38 bits per heavy atom. The van der Waals surface area contributed by atoms with Gasteiger partial charge in [0.25, 0.3) is 5.91 Å². The molecule has 0 aliphatic carbocycles. The fourth-order valence-electron chi connectivity index (χ4n) is 3.31. The molecule has 4 heterocycles. The van der Waals surface area contributed by atoms with Gasteiger partial charge in [0, 0.05) is 17.5 Å². The summed E-state index contributed by atoms with van der Waals surface area (Å²) in [6.45, 7) is 4.60. The Kier molecular flexibility index (Phi) is 3.97. The van der Waals surface area contributed by atoms with Crippen molar-refractivity contribution < 1.29 is 9.32 Å². The van der Waals surface area contributed by atoms with E-state index in [0.717, 1.165) is 46.3 Å². The zero-order valence-electron chi connectivity index (χ0n) is 13.5. The van der Waals surface area contributed by atoms with Gasteiger partial charge in [-0.05, 0) is 38.1 Å². The van der Waals surface area contributed by atoms with Crippen LogP contribution in [0.1, 0.15) is 46.4 Å². The second kappa shape index (κ2) is 6.14. The molecule has 0 spiro atoms. The first-order valence-electron chi connectivity index (χ1n) is 7.88. The Labute approximate surface area is 147 Å². The molecule has 1 fully saturated rings. The lowest BCUT2D eigenvalue weighted by atomic mass is 10.0. The first kappa shape index (κ1) is 15.5. The zero-order valence-corrected chi connectivity index (χ0v) is 15.1. The highest BCUT2D eigenvalue weighted by molar-refractivity contribution is 7.20. The fraction of sp³-hybridized carbons (Fsp3) is 0.353. The molecule has 124 valence electrons. The first-order chi connectivity index (χ1) is 11.6. The van der Waals surface area contributed by atoms with Crippen molar-refractivity contribution in [1.82, 2.24) is 15.0 Å². The van der Waals surface area contributed by atoms with Crippen LogP contribution >= 0.6 is 22.7 Å². The van der Waals surface area contributed by atoms with E-state index in [0.29, 0.717) is 5.69 Å². The molecule has 1 aliphatic heterocycles. The Balaban J connectivity index is 1.62. The molecule has 4 rings (SSSR count). The van der Waals surface area contributed by atoms with Crippen LogP contribution in [0.2, 0.25) is 0 Å². The van der Waals surface area contributed by atoms with E-state index >= 15 is 0 Å². The van der Waals surface area contributed by atoms with Crippen molar-refractivity contribution >= 4 is 28.6 Å². The minimum atomic E-state index is -0.00319. The summed E-state index contributed by atoms with van der Waals surface area (Å²) in [5.74, 6) is 0.798. The number of hydrogen-bond acceptors (Lipinski definition) is 6. The summed E-state index contributed by atoms with van der Waals surface area (Å²) in [7, 11) is 0. The largest absolute Gasteiger partial charge is 0.361 e. The molecule has 0 bridgehead atoms. The second-order valence-electron chi connectivity index (χ2n) is 5.91. The standard InChI is InChI=1S/C17H17N3O2S2/c1-10-15(11(2)22-19-10)13-5-3-7-20(13)17(21)12-9-24-16(18-12)14-6-4-8-23-14/h4,6,8-9,13H,3,5,7H2,1-2H3/t13-/m0/s1. The number of carbonyl (C=O) groups is 1. The summed E-state index contributed by atoms with van der Waals surface area (Å²) in [5.41, 5.74) is 2.45. The lowest BCUT2D eigenvalue weighted by Gasteiger charge is -2.23. The second-order valence-corrected chi connectivity index (χ2v) is 7.72. The van der Waals surface area contributed by atoms with Crippen LogP contribution in [0.5, 0.6) is 0 Å². The molecule has 1 aliphatic rings. The van der Waals surface area contributed by atoms with Crippen molar-refractivity contribution in [2.24, 2.45) is 0 Å². The lowest BCUT2D eigenvalue weighted by molar-refractivity contribution is 0.0729. The molecule has 7 heteroatoms. The maximum atomic E-state index is 13.0.